The molecule has 1 fully saturated rings. The van der Waals surface area contributed by atoms with Crippen molar-refractivity contribution in [2.75, 3.05) is 13.6 Å². The molecule has 0 saturated heterocycles. The predicted molar refractivity (Wildman–Crippen MR) is 68.1 cm³/mol. The Labute approximate surface area is 110 Å². The molecule has 1 saturated carbocycles. The number of hydrogen-bond acceptors (Lipinski definition) is 4. The topological polar surface area (TPSA) is 66.6 Å². The molecule has 0 unspecified atom stereocenters. The Morgan fingerprint density at radius 1 is 1.47 bits per heavy atom. The molecule has 19 heavy (non-hydrogen) atoms. The number of benzene rings is 1. The molecular weight excluding hydrogens is 251 g/mol. The van der Waals surface area contributed by atoms with Crippen LogP contribution in [0, 0.1) is 21.8 Å². The van der Waals surface area contributed by atoms with Gasteiger partial charge in [0.05, 0.1) is 17.1 Å². The van der Waals surface area contributed by atoms with Crippen molar-refractivity contribution in [3.63, 3.8) is 0 Å². The van der Waals surface area contributed by atoms with E-state index < -0.39 is 10.7 Å². The second-order valence-corrected chi connectivity index (χ2v) is 5.26. The molecule has 1 aliphatic rings. The van der Waals surface area contributed by atoms with Gasteiger partial charge in [-0.15, -0.1) is 0 Å². The van der Waals surface area contributed by atoms with Crippen LogP contribution in [0.2, 0.25) is 0 Å². The van der Waals surface area contributed by atoms with Gasteiger partial charge in [-0.05, 0) is 37.4 Å². The van der Waals surface area contributed by atoms with E-state index in [0.717, 1.165) is 25.5 Å². The lowest BCUT2D eigenvalue weighted by Crippen LogP contribution is -2.36. The summed E-state index contributed by atoms with van der Waals surface area (Å²) in [7, 11) is 1.89. The Hall–Kier alpha value is -1.53. The van der Waals surface area contributed by atoms with Gasteiger partial charge in [-0.1, -0.05) is 0 Å². The maximum atomic E-state index is 13.3. The summed E-state index contributed by atoms with van der Waals surface area (Å²) in [4.78, 5) is 12.1. The fourth-order valence-corrected chi connectivity index (χ4v) is 2.50. The average molecular weight is 268 g/mol. The van der Waals surface area contributed by atoms with Gasteiger partial charge in [-0.2, -0.15) is 0 Å². The third kappa shape index (κ3) is 3.71. The molecule has 0 amide bonds. The van der Waals surface area contributed by atoms with Crippen molar-refractivity contribution < 1.29 is 14.4 Å². The fourth-order valence-electron chi connectivity index (χ4n) is 2.50. The fraction of sp³-hybridized carbons (Fsp3) is 0.538. The highest BCUT2D eigenvalue weighted by molar-refractivity contribution is 5.35. The number of halogens is 1. The number of nitro benzene ring substituents is 1. The molecule has 1 aliphatic carbocycles. The van der Waals surface area contributed by atoms with Crippen LogP contribution >= 0.6 is 0 Å². The Balaban J connectivity index is 1.96. The van der Waals surface area contributed by atoms with Crippen molar-refractivity contribution in [1.82, 2.24) is 4.90 Å². The summed E-state index contributed by atoms with van der Waals surface area (Å²) in [6, 6.07) is 3.64. The van der Waals surface area contributed by atoms with E-state index in [2.05, 4.69) is 0 Å². The summed E-state index contributed by atoms with van der Waals surface area (Å²) in [6.45, 7) is 1.27. The molecule has 2 rings (SSSR count). The van der Waals surface area contributed by atoms with Gasteiger partial charge in [-0.25, -0.2) is 4.39 Å². The minimum absolute atomic E-state index is 0.186. The van der Waals surface area contributed by atoms with E-state index in [-0.39, 0.29) is 11.8 Å². The van der Waals surface area contributed by atoms with Crippen molar-refractivity contribution in [3.8, 4) is 0 Å². The van der Waals surface area contributed by atoms with Gasteiger partial charge in [0, 0.05) is 19.2 Å². The van der Waals surface area contributed by atoms with Gasteiger partial charge in [0.1, 0.15) is 5.82 Å². The van der Waals surface area contributed by atoms with Crippen LogP contribution in [-0.4, -0.2) is 34.6 Å². The van der Waals surface area contributed by atoms with Crippen LogP contribution in [0.1, 0.15) is 18.4 Å². The SMILES string of the molecule is CN(Cc1cc(F)cc([N+](=O)[O-])c1)CC1CC(O)C1. The monoisotopic (exact) mass is 268 g/mol. The minimum Gasteiger partial charge on any atom is -0.393 e. The number of aliphatic hydroxyl groups excluding tert-OH is 1. The van der Waals surface area contributed by atoms with Gasteiger partial charge in [-0.3, -0.25) is 10.1 Å². The highest BCUT2D eigenvalue weighted by atomic mass is 19.1. The molecule has 5 nitrogen and oxygen atoms in total. The van der Waals surface area contributed by atoms with Gasteiger partial charge >= 0.3 is 0 Å². The molecule has 0 radical (unpaired) electrons. The summed E-state index contributed by atoms with van der Waals surface area (Å²) >= 11 is 0. The molecule has 1 N–H and O–H groups in total. The highest BCUT2D eigenvalue weighted by Gasteiger charge is 2.27. The van der Waals surface area contributed by atoms with E-state index in [9.17, 15) is 19.6 Å². The zero-order valence-corrected chi connectivity index (χ0v) is 10.8. The van der Waals surface area contributed by atoms with E-state index in [1.165, 1.54) is 12.1 Å². The molecule has 0 bridgehead atoms. The van der Waals surface area contributed by atoms with Crippen molar-refractivity contribution in [1.29, 1.82) is 0 Å². The third-order valence-electron chi connectivity index (χ3n) is 3.39. The first-order chi connectivity index (χ1) is 8.94. The predicted octanol–water partition coefficient (Wildman–Crippen LogP) is 1.94. The zero-order chi connectivity index (χ0) is 14.0. The Morgan fingerprint density at radius 3 is 2.74 bits per heavy atom. The summed E-state index contributed by atoms with van der Waals surface area (Å²) < 4.78 is 13.3. The summed E-state index contributed by atoms with van der Waals surface area (Å²) in [5.41, 5.74) is 0.372. The molecule has 1 aromatic rings. The number of rotatable bonds is 5. The van der Waals surface area contributed by atoms with Crippen LogP contribution in [0.15, 0.2) is 18.2 Å². The molecule has 0 aliphatic heterocycles. The van der Waals surface area contributed by atoms with Gasteiger partial charge in [0.2, 0.25) is 0 Å². The van der Waals surface area contributed by atoms with Crippen LogP contribution in [-0.2, 0) is 6.54 Å². The first-order valence-electron chi connectivity index (χ1n) is 6.24. The Morgan fingerprint density at radius 2 is 2.16 bits per heavy atom. The smallest absolute Gasteiger partial charge is 0.272 e. The Kier molecular flexibility index (Phi) is 4.11. The summed E-state index contributed by atoms with van der Waals surface area (Å²) in [6.07, 6.45) is 1.41. The molecule has 0 aromatic heterocycles. The average Bonchev–Trinajstić information content (AvgIpc) is 2.25. The maximum absolute atomic E-state index is 13.3. The van der Waals surface area contributed by atoms with E-state index in [0.29, 0.717) is 18.0 Å². The van der Waals surface area contributed by atoms with Crippen molar-refractivity contribution in [3.05, 3.63) is 39.7 Å². The maximum Gasteiger partial charge on any atom is 0.272 e. The summed E-state index contributed by atoms with van der Waals surface area (Å²) in [5.74, 6) is -0.125. The first kappa shape index (κ1) is 13.9. The molecule has 0 spiro atoms. The highest BCUT2D eigenvalue weighted by Crippen LogP contribution is 2.28. The quantitative estimate of drug-likeness (QED) is 0.654. The second kappa shape index (κ2) is 5.63. The zero-order valence-electron chi connectivity index (χ0n) is 10.8. The van der Waals surface area contributed by atoms with Gasteiger partial charge in [0.25, 0.3) is 5.69 Å². The van der Waals surface area contributed by atoms with Crippen molar-refractivity contribution in [2.24, 2.45) is 5.92 Å². The molecule has 6 heteroatoms. The molecule has 104 valence electrons. The number of nitrogens with zero attached hydrogens (tertiary/aromatic N) is 2. The number of hydrogen-bond donors (Lipinski definition) is 1. The number of nitro groups is 1. The lowest BCUT2D eigenvalue weighted by atomic mass is 9.82. The number of non-ortho nitro benzene ring substituents is 1. The van der Waals surface area contributed by atoms with Crippen LogP contribution in [0.5, 0.6) is 0 Å². The molecule has 1 aromatic carbocycles. The molecule has 0 heterocycles. The summed E-state index contributed by atoms with van der Waals surface area (Å²) in [5, 5.41) is 19.9. The number of aliphatic hydroxyl groups is 1. The minimum atomic E-state index is -0.588. The van der Waals surface area contributed by atoms with E-state index in [1.54, 1.807) is 0 Å². The van der Waals surface area contributed by atoms with Crippen molar-refractivity contribution in [2.45, 2.75) is 25.5 Å². The van der Waals surface area contributed by atoms with Gasteiger partial charge in [0.15, 0.2) is 0 Å². The van der Waals surface area contributed by atoms with E-state index in [1.807, 2.05) is 11.9 Å². The van der Waals surface area contributed by atoms with Crippen LogP contribution in [0.3, 0.4) is 0 Å². The molecule has 0 atom stereocenters. The largest absolute Gasteiger partial charge is 0.393 e. The lowest BCUT2D eigenvalue weighted by Gasteiger charge is -2.34. The normalized spacial score (nSPS) is 22.3. The first-order valence-corrected chi connectivity index (χ1v) is 6.24. The van der Waals surface area contributed by atoms with Crippen LogP contribution < -0.4 is 0 Å². The third-order valence-corrected chi connectivity index (χ3v) is 3.39. The van der Waals surface area contributed by atoms with Crippen LogP contribution in [0.25, 0.3) is 0 Å². The van der Waals surface area contributed by atoms with Crippen LogP contribution in [0.4, 0.5) is 10.1 Å². The van der Waals surface area contributed by atoms with E-state index in [4.69, 9.17) is 0 Å². The van der Waals surface area contributed by atoms with Crippen molar-refractivity contribution >= 4 is 5.69 Å². The second-order valence-electron chi connectivity index (χ2n) is 5.26. The lowest BCUT2D eigenvalue weighted by molar-refractivity contribution is -0.385. The molecular formula is C13H17FN2O3. The standard InChI is InChI=1S/C13H17FN2O3/c1-15(8-10-4-13(17)5-10)7-9-2-11(14)6-12(3-9)16(18)19/h2-3,6,10,13,17H,4-5,7-8H2,1H3. The van der Waals surface area contributed by atoms with E-state index >= 15 is 0 Å². The van der Waals surface area contributed by atoms with Gasteiger partial charge < -0.3 is 10.0 Å². The Bertz CT molecular complexity index is 475.